The van der Waals surface area contributed by atoms with Crippen LogP contribution in [-0.4, -0.2) is 11.8 Å². The van der Waals surface area contributed by atoms with Crippen LogP contribution in [0.5, 0.6) is 0 Å². The molecule has 0 spiro atoms. The largest absolute Gasteiger partial charge is 0.457 e. The molecule has 1 aliphatic carbocycles. The van der Waals surface area contributed by atoms with Crippen LogP contribution in [0.4, 0.5) is 0 Å². The van der Waals surface area contributed by atoms with Gasteiger partial charge >= 0.3 is 5.97 Å². The lowest BCUT2D eigenvalue weighted by Crippen LogP contribution is -2.38. The third-order valence-electron chi connectivity index (χ3n) is 6.81. The molecule has 0 saturated carbocycles. The third-order valence-corrected chi connectivity index (χ3v) is 6.81. The molecule has 1 N–H and O–H groups in total. The monoisotopic (exact) mass is 451 g/mol. The number of carbonyl (C=O) groups is 2. The van der Waals surface area contributed by atoms with Gasteiger partial charge in [0.1, 0.15) is 6.61 Å². The number of Topliss-reactive ketones (excluding diaryl/α,β-unsaturated/α-hetero) is 1. The van der Waals surface area contributed by atoms with E-state index in [0.717, 1.165) is 39.7 Å². The van der Waals surface area contributed by atoms with Gasteiger partial charge in [-0.1, -0.05) is 86.6 Å². The van der Waals surface area contributed by atoms with Gasteiger partial charge in [0.15, 0.2) is 5.78 Å². The van der Waals surface area contributed by atoms with E-state index in [1.165, 1.54) is 0 Å². The standard InChI is InChI=1S/C30H29NO3/c1-19-26(29(33)34-18-20-10-5-4-6-11-20)27(23-15-9-13-21-12-7-8-14-22(21)23)28-24(31-19)16-30(2,3)17-25(28)32/h4-15,27,31H,16-18H2,1-3H3/t27-/m0/s1. The summed E-state index contributed by atoms with van der Waals surface area (Å²) >= 11 is 0. The minimum Gasteiger partial charge on any atom is -0.457 e. The molecule has 4 heteroatoms. The first kappa shape index (κ1) is 22.1. The zero-order chi connectivity index (χ0) is 23.9. The highest BCUT2D eigenvalue weighted by Crippen LogP contribution is 2.48. The van der Waals surface area contributed by atoms with E-state index in [1.807, 2.05) is 61.5 Å². The molecule has 4 nitrogen and oxygen atoms in total. The second-order valence-corrected chi connectivity index (χ2v) is 10.1. The van der Waals surface area contributed by atoms with Crippen LogP contribution in [0.2, 0.25) is 0 Å². The van der Waals surface area contributed by atoms with Crippen molar-refractivity contribution in [1.29, 1.82) is 0 Å². The van der Waals surface area contributed by atoms with E-state index in [-0.39, 0.29) is 17.8 Å². The number of rotatable bonds is 4. The van der Waals surface area contributed by atoms with Gasteiger partial charge in [-0.3, -0.25) is 4.79 Å². The topological polar surface area (TPSA) is 55.4 Å². The molecule has 34 heavy (non-hydrogen) atoms. The van der Waals surface area contributed by atoms with E-state index < -0.39 is 11.9 Å². The lowest BCUT2D eigenvalue weighted by molar-refractivity contribution is -0.140. The highest BCUT2D eigenvalue weighted by atomic mass is 16.5. The molecule has 5 rings (SSSR count). The lowest BCUT2D eigenvalue weighted by Gasteiger charge is -2.39. The number of allylic oxidation sites excluding steroid dienone is 3. The van der Waals surface area contributed by atoms with Gasteiger partial charge in [-0.05, 0) is 40.7 Å². The maximum Gasteiger partial charge on any atom is 0.337 e. The summed E-state index contributed by atoms with van der Waals surface area (Å²) in [6.45, 7) is 6.33. The summed E-state index contributed by atoms with van der Waals surface area (Å²) in [5.74, 6) is -0.761. The average Bonchev–Trinajstić information content (AvgIpc) is 2.81. The Kier molecular flexibility index (Phi) is 5.60. The lowest BCUT2D eigenvalue weighted by atomic mass is 9.68. The van der Waals surface area contributed by atoms with E-state index >= 15 is 0 Å². The second kappa shape index (κ2) is 8.60. The Morgan fingerprint density at radius 3 is 2.47 bits per heavy atom. The van der Waals surface area contributed by atoms with Gasteiger partial charge < -0.3 is 10.1 Å². The Balaban J connectivity index is 1.63. The van der Waals surface area contributed by atoms with Crippen LogP contribution in [-0.2, 0) is 20.9 Å². The summed E-state index contributed by atoms with van der Waals surface area (Å²) in [5, 5.41) is 5.55. The first-order valence-electron chi connectivity index (χ1n) is 11.8. The van der Waals surface area contributed by atoms with Gasteiger partial charge in [-0.25, -0.2) is 4.79 Å². The number of hydrogen-bond donors (Lipinski definition) is 1. The van der Waals surface area contributed by atoms with Crippen LogP contribution in [0.3, 0.4) is 0 Å². The summed E-state index contributed by atoms with van der Waals surface area (Å²) in [6.07, 6.45) is 1.22. The van der Waals surface area contributed by atoms with Crippen LogP contribution in [0, 0.1) is 5.41 Å². The first-order chi connectivity index (χ1) is 16.3. The van der Waals surface area contributed by atoms with E-state index in [2.05, 4.69) is 37.4 Å². The summed E-state index contributed by atoms with van der Waals surface area (Å²) in [7, 11) is 0. The molecule has 0 unspecified atom stereocenters. The zero-order valence-electron chi connectivity index (χ0n) is 19.9. The molecular weight excluding hydrogens is 422 g/mol. The van der Waals surface area contributed by atoms with Crippen LogP contribution in [0.15, 0.2) is 95.3 Å². The van der Waals surface area contributed by atoms with Crippen molar-refractivity contribution in [3.05, 3.63) is 106 Å². The van der Waals surface area contributed by atoms with Crippen LogP contribution in [0.1, 0.15) is 50.7 Å². The Bertz CT molecular complexity index is 1340. The van der Waals surface area contributed by atoms with Crippen LogP contribution >= 0.6 is 0 Å². The Labute approximate surface area is 200 Å². The number of benzene rings is 3. The Hall–Kier alpha value is -3.66. The van der Waals surface area contributed by atoms with E-state index in [0.29, 0.717) is 17.6 Å². The van der Waals surface area contributed by atoms with Crippen molar-refractivity contribution >= 4 is 22.5 Å². The van der Waals surface area contributed by atoms with Crippen molar-refractivity contribution in [2.45, 2.75) is 46.1 Å². The molecule has 0 radical (unpaired) electrons. The molecule has 1 aliphatic heterocycles. The Morgan fingerprint density at radius 2 is 1.68 bits per heavy atom. The summed E-state index contributed by atoms with van der Waals surface area (Å²) in [5.41, 5.74) is 4.65. The van der Waals surface area contributed by atoms with Crippen molar-refractivity contribution in [1.82, 2.24) is 5.32 Å². The number of ether oxygens (including phenoxy) is 1. The molecule has 0 aromatic heterocycles. The van der Waals surface area contributed by atoms with Crippen molar-refractivity contribution in [2.24, 2.45) is 5.41 Å². The third kappa shape index (κ3) is 4.05. The molecule has 1 heterocycles. The maximum atomic E-state index is 13.6. The zero-order valence-corrected chi connectivity index (χ0v) is 19.9. The van der Waals surface area contributed by atoms with Crippen LogP contribution < -0.4 is 5.32 Å². The highest BCUT2D eigenvalue weighted by Gasteiger charge is 2.43. The second-order valence-electron chi connectivity index (χ2n) is 10.1. The molecule has 0 bridgehead atoms. The number of dihydropyridines is 1. The van der Waals surface area contributed by atoms with Gasteiger partial charge in [0.2, 0.25) is 0 Å². The number of esters is 1. The van der Waals surface area contributed by atoms with Crippen molar-refractivity contribution < 1.29 is 14.3 Å². The number of nitrogens with one attached hydrogen (secondary N) is 1. The summed E-state index contributed by atoms with van der Waals surface area (Å²) < 4.78 is 5.79. The van der Waals surface area contributed by atoms with E-state index in [9.17, 15) is 9.59 Å². The number of ketones is 1. The predicted molar refractivity (Wildman–Crippen MR) is 134 cm³/mol. The smallest absolute Gasteiger partial charge is 0.337 e. The molecule has 1 atom stereocenters. The summed E-state index contributed by atoms with van der Waals surface area (Å²) in [4.78, 5) is 27.1. The molecule has 0 amide bonds. The Morgan fingerprint density at radius 1 is 0.971 bits per heavy atom. The van der Waals surface area contributed by atoms with Gasteiger partial charge in [0, 0.05) is 29.3 Å². The first-order valence-corrected chi connectivity index (χ1v) is 11.8. The van der Waals surface area contributed by atoms with Gasteiger partial charge in [0.25, 0.3) is 0 Å². The average molecular weight is 452 g/mol. The normalized spacial score (nSPS) is 19.6. The van der Waals surface area contributed by atoms with Crippen molar-refractivity contribution in [3.8, 4) is 0 Å². The quantitative estimate of drug-likeness (QED) is 0.481. The van der Waals surface area contributed by atoms with Gasteiger partial charge in [-0.2, -0.15) is 0 Å². The fourth-order valence-corrected chi connectivity index (χ4v) is 5.32. The molecule has 3 aromatic rings. The number of carbonyl (C=O) groups excluding carboxylic acids is 2. The minimum absolute atomic E-state index is 0.0949. The minimum atomic E-state index is -0.464. The predicted octanol–water partition coefficient (Wildman–Crippen LogP) is 6.19. The van der Waals surface area contributed by atoms with Gasteiger partial charge in [-0.15, -0.1) is 0 Å². The fourth-order valence-electron chi connectivity index (χ4n) is 5.32. The van der Waals surface area contributed by atoms with E-state index in [1.54, 1.807) is 0 Å². The number of hydrogen-bond acceptors (Lipinski definition) is 4. The van der Waals surface area contributed by atoms with Crippen molar-refractivity contribution in [2.75, 3.05) is 0 Å². The molecular formula is C30H29NO3. The summed E-state index contributed by atoms with van der Waals surface area (Å²) in [6, 6.07) is 23.9. The molecule has 3 aromatic carbocycles. The van der Waals surface area contributed by atoms with Crippen LogP contribution in [0.25, 0.3) is 10.8 Å². The molecule has 172 valence electrons. The molecule has 0 fully saturated rings. The fraction of sp³-hybridized carbons (Fsp3) is 0.267. The van der Waals surface area contributed by atoms with Gasteiger partial charge in [0.05, 0.1) is 5.57 Å². The highest BCUT2D eigenvalue weighted by molar-refractivity contribution is 6.05. The molecule has 2 aliphatic rings. The number of fused-ring (bicyclic) bond motifs is 1. The van der Waals surface area contributed by atoms with Crippen molar-refractivity contribution in [3.63, 3.8) is 0 Å². The maximum absolute atomic E-state index is 13.6. The SMILES string of the molecule is CC1=C(C(=O)OCc2ccccc2)[C@H](c2cccc3ccccc23)C2=C(CC(C)(C)CC2=O)N1. The van der Waals surface area contributed by atoms with E-state index in [4.69, 9.17) is 4.74 Å². The molecule has 0 saturated heterocycles.